The van der Waals surface area contributed by atoms with E-state index in [1.54, 1.807) is 0 Å². The van der Waals surface area contributed by atoms with Crippen LogP contribution in [-0.2, 0) is 17.8 Å². The molecule has 174 valence electrons. The van der Waals surface area contributed by atoms with Gasteiger partial charge >= 0.3 is 0 Å². The summed E-state index contributed by atoms with van der Waals surface area (Å²) in [5, 5.41) is 4.02. The van der Waals surface area contributed by atoms with Crippen molar-refractivity contribution < 1.29 is 18.8 Å². The standard InChI is InChI=1S/C25H35N3O4/c1-16(2)25-26-23(32-27-25)9-6-10-24(29)28(20-8-5-7-17(3)18(20)4)14-19-11-12-21-22(13-19)31-15-30-21/h11-13,16-18,20H,5-10,14-15H2,1-4H3. The summed E-state index contributed by atoms with van der Waals surface area (Å²) in [5.41, 5.74) is 1.08. The highest BCUT2D eigenvalue weighted by molar-refractivity contribution is 5.76. The predicted molar refractivity (Wildman–Crippen MR) is 120 cm³/mol. The Hall–Kier alpha value is -2.57. The van der Waals surface area contributed by atoms with Crippen molar-refractivity contribution in [2.45, 2.75) is 84.7 Å². The van der Waals surface area contributed by atoms with E-state index in [0.717, 1.165) is 29.3 Å². The van der Waals surface area contributed by atoms with Gasteiger partial charge in [0.25, 0.3) is 0 Å². The molecular formula is C25H35N3O4. The second-order valence-corrected chi connectivity index (χ2v) is 9.60. The number of aryl methyl sites for hydroxylation is 1. The van der Waals surface area contributed by atoms with Gasteiger partial charge in [-0.3, -0.25) is 4.79 Å². The summed E-state index contributed by atoms with van der Waals surface area (Å²) in [6.45, 7) is 9.53. The van der Waals surface area contributed by atoms with Gasteiger partial charge in [-0.05, 0) is 42.4 Å². The Morgan fingerprint density at radius 1 is 1.19 bits per heavy atom. The molecule has 3 atom stereocenters. The molecule has 1 aliphatic carbocycles. The minimum Gasteiger partial charge on any atom is -0.454 e. The molecule has 0 N–H and O–H groups in total. The molecule has 0 spiro atoms. The molecular weight excluding hydrogens is 406 g/mol. The van der Waals surface area contributed by atoms with E-state index < -0.39 is 0 Å². The molecule has 1 amide bonds. The third-order valence-electron chi connectivity index (χ3n) is 6.96. The summed E-state index contributed by atoms with van der Waals surface area (Å²) in [6.07, 6.45) is 5.26. The van der Waals surface area contributed by atoms with E-state index >= 15 is 0 Å². The quantitative estimate of drug-likeness (QED) is 0.567. The number of rotatable bonds is 8. The Bertz CT molecular complexity index is 926. The molecule has 7 nitrogen and oxygen atoms in total. The Morgan fingerprint density at radius 3 is 2.78 bits per heavy atom. The zero-order valence-electron chi connectivity index (χ0n) is 19.7. The number of amides is 1. The maximum atomic E-state index is 13.4. The average molecular weight is 442 g/mol. The fourth-order valence-electron chi connectivity index (χ4n) is 4.76. The number of carbonyl (C=O) groups excluding carboxylic acids is 1. The van der Waals surface area contributed by atoms with Crippen LogP contribution < -0.4 is 9.47 Å². The first kappa shape index (κ1) is 22.6. The lowest BCUT2D eigenvalue weighted by Gasteiger charge is -2.42. The monoisotopic (exact) mass is 441 g/mol. The summed E-state index contributed by atoms with van der Waals surface area (Å²) in [6, 6.07) is 6.24. The second-order valence-electron chi connectivity index (χ2n) is 9.60. The molecule has 4 rings (SSSR count). The van der Waals surface area contributed by atoms with E-state index in [1.165, 1.54) is 12.8 Å². The highest BCUT2D eigenvalue weighted by Gasteiger charge is 2.34. The summed E-state index contributed by atoms with van der Waals surface area (Å²) in [4.78, 5) is 20.0. The Labute approximate surface area is 190 Å². The minimum absolute atomic E-state index is 0.192. The molecule has 1 aromatic carbocycles. The van der Waals surface area contributed by atoms with Gasteiger partial charge in [-0.2, -0.15) is 4.98 Å². The van der Waals surface area contributed by atoms with Crippen molar-refractivity contribution in [3.05, 3.63) is 35.5 Å². The summed E-state index contributed by atoms with van der Waals surface area (Å²) >= 11 is 0. The topological polar surface area (TPSA) is 77.7 Å². The SMILES string of the molecule is CC(C)c1noc(CCCC(=O)N(Cc2ccc3c(c2)OCO3)C2CCCC(C)C2C)n1. The van der Waals surface area contributed by atoms with Gasteiger partial charge in [0.1, 0.15) is 0 Å². The van der Waals surface area contributed by atoms with Crippen LogP contribution in [0.3, 0.4) is 0 Å². The zero-order chi connectivity index (χ0) is 22.7. The molecule has 2 aliphatic rings. The fraction of sp³-hybridized carbons (Fsp3) is 0.640. The van der Waals surface area contributed by atoms with E-state index in [4.69, 9.17) is 14.0 Å². The molecule has 2 heterocycles. The molecule has 0 radical (unpaired) electrons. The molecule has 0 saturated heterocycles. The van der Waals surface area contributed by atoms with E-state index in [0.29, 0.717) is 43.5 Å². The van der Waals surface area contributed by atoms with Crippen LogP contribution in [0.4, 0.5) is 0 Å². The number of hydrogen-bond acceptors (Lipinski definition) is 6. The lowest BCUT2D eigenvalue weighted by Crippen LogP contribution is -2.46. The lowest BCUT2D eigenvalue weighted by atomic mass is 9.77. The lowest BCUT2D eigenvalue weighted by molar-refractivity contribution is -0.137. The molecule has 3 unspecified atom stereocenters. The molecule has 0 bridgehead atoms. The third-order valence-corrected chi connectivity index (χ3v) is 6.96. The van der Waals surface area contributed by atoms with Crippen molar-refractivity contribution in [1.82, 2.24) is 15.0 Å². The van der Waals surface area contributed by atoms with Gasteiger partial charge in [0, 0.05) is 31.3 Å². The summed E-state index contributed by atoms with van der Waals surface area (Å²) in [7, 11) is 0. The van der Waals surface area contributed by atoms with Gasteiger partial charge in [-0.25, -0.2) is 0 Å². The molecule has 1 saturated carbocycles. The first-order chi connectivity index (χ1) is 15.4. The second kappa shape index (κ2) is 9.92. The van der Waals surface area contributed by atoms with Crippen molar-refractivity contribution in [1.29, 1.82) is 0 Å². The molecule has 1 fully saturated rings. The maximum Gasteiger partial charge on any atom is 0.231 e. The van der Waals surface area contributed by atoms with Crippen molar-refractivity contribution >= 4 is 5.91 Å². The van der Waals surface area contributed by atoms with E-state index in [1.807, 2.05) is 32.0 Å². The summed E-state index contributed by atoms with van der Waals surface area (Å²) in [5.74, 6) is 4.39. The Morgan fingerprint density at radius 2 is 2.00 bits per heavy atom. The van der Waals surface area contributed by atoms with Gasteiger partial charge in [-0.15, -0.1) is 0 Å². The van der Waals surface area contributed by atoms with Crippen LogP contribution in [0.2, 0.25) is 0 Å². The van der Waals surface area contributed by atoms with Crippen molar-refractivity contribution in [2.24, 2.45) is 11.8 Å². The largest absolute Gasteiger partial charge is 0.454 e. The number of ether oxygens (including phenoxy) is 2. The first-order valence-electron chi connectivity index (χ1n) is 11.9. The van der Waals surface area contributed by atoms with E-state index in [2.05, 4.69) is 28.9 Å². The highest BCUT2D eigenvalue weighted by Crippen LogP contribution is 2.36. The van der Waals surface area contributed by atoms with Gasteiger partial charge in [0.05, 0.1) is 0 Å². The maximum absolute atomic E-state index is 13.4. The van der Waals surface area contributed by atoms with Crippen LogP contribution in [-0.4, -0.2) is 33.8 Å². The van der Waals surface area contributed by atoms with Gasteiger partial charge < -0.3 is 18.9 Å². The van der Waals surface area contributed by atoms with Crippen LogP contribution >= 0.6 is 0 Å². The number of fused-ring (bicyclic) bond motifs is 1. The van der Waals surface area contributed by atoms with Crippen LogP contribution in [0, 0.1) is 11.8 Å². The highest BCUT2D eigenvalue weighted by atomic mass is 16.7. The first-order valence-corrected chi connectivity index (χ1v) is 11.9. The smallest absolute Gasteiger partial charge is 0.231 e. The van der Waals surface area contributed by atoms with Crippen molar-refractivity contribution in [2.75, 3.05) is 6.79 Å². The van der Waals surface area contributed by atoms with Crippen molar-refractivity contribution in [3.8, 4) is 11.5 Å². The van der Waals surface area contributed by atoms with Gasteiger partial charge in [0.15, 0.2) is 17.3 Å². The number of nitrogens with zero attached hydrogens (tertiary/aromatic N) is 3. The predicted octanol–water partition coefficient (Wildman–Crippen LogP) is 5.10. The Balaban J connectivity index is 1.44. The van der Waals surface area contributed by atoms with Crippen LogP contribution in [0.1, 0.15) is 83.0 Å². The van der Waals surface area contributed by atoms with E-state index in [9.17, 15) is 4.79 Å². The molecule has 32 heavy (non-hydrogen) atoms. The van der Waals surface area contributed by atoms with Crippen LogP contribution in [0.5, 0.6) is 11.5 Å². The number of hydrogen-bond donors (Lipinski definition) is 0. The molecule has 7 heteroatoms. The third kappa shape index (κ3) is 5.08. The van der Waals surface area contributed by atoms with Crippen LogP contribution in [0.15, 0.2) is 22.7 Å². The van der Waals surface area contributed by atoms with Crippen LogP contribution in [0.25, 0.3) is 0 Å². The Kier molecular flexibility index (Phi) is 7.01. The van der Waals surface area contributed by atoms with Crippen molar-refractivity contribution in [3.63, 3.8) is 0 Å². The summed E-state index contributed by atoms with van der Waals surface area (Å²) < 4.78 is 16.3. The molecule has 2 aromatic rings. The average Bonchev–Trinajstić information content (AvgIpc) is 3.43. The van der Waals surface area contributed by atoms with E-state index in [-0.39, 0.29) is 24.7 Å². The molecule has 1 aliphatic heterocycles. The fourth-order valence-corrected chi connectivity index (χ4v) is 4.76. The zero-order valence-corrected chi connectivity index (χ0v) is 19.7. The minimum atomic E-state index is 0.192. The van der Waals surface area contributed by atoms with Gasteiger partial charge in [0.2, 0.25) is 18.6 Å². The molecule has 1 aromatic heterocycles. The normalized spacial score (nSPS) is 22.3. The number of carbonyl (C=O) groups is 1. The number of benzene rings is 1. The number of aromatic nitrogens is 2. The van der Waals surface area contributed by atoms with Gasteiger partial charge in [-0.1, -0.05) is 51.8 Å².